The summed E-state index contributed by atoms with van der Waals surface area (Å²) in [6.07, 6.45) is 3.97. The molecule has 1 saturated heterocycles. The van der Waals surface area contributed by atoms with E-state index in [0.717, 1.165) is 36.1 Å². The van der Waals surface area contributed by atoms with Gasteiger partial charge in [0.05, 0.1) is 12.7 Å². The van der Waals surface area contributed by atoms with Crippen molar-refractivity contribution in [3.05, 3.63) is 53.6 Å². The number of rotatable bonds is 6. The van der Waals surface area contributed by atoms with Gasteiger partial charge in [-0.25, -0.2) is 0 Å². The Morgan fingerprint density at radius 2 is 2.19 bits per heavy atom. The average molecular weight is 301 g/mol. The topological polar surface area (TPSA) is 38.2 Å². The van der Waals surface area contributed by atoms with Crippen LogP contribution in [0.2, 0.25) is 0 Å². The lowest BCUT2D eigenvalue weighted by Gasteiger charge is -2.13. The van der Waals surface area contributed by atoms with Gasteiger partial charge in [0.15, 0.2) is 0 Å². The van der Waals surface area contributed by atoms with Gasteiger partial charge in [0.1, 0.15) is 5.01 Å². The zero-order valence-electron chi connectivity index (χ0n) is 11.9. The van der Waals surface area contributed by atoms with Crippen LogP contribution in [0, 0.1) is 0 Å². The first-order valence-corrected chi connectivity index (χ1v) is 8.00. The quantitative estimate of drug-likeness (QED) is 0.769. The third-order valence-electron chi connectivity index (χ3n) is 3.52. The molecule has 1 fully saturated rings. The van der Waals surface area contributed by atoms with E-state index < -0.39 is 0 Å². The second-order valence-corrected chi connectivity index (χ2v) is 6.16. The van der Waals surface area contributed by atoms with Crippen molar-refractivity contribution in [3.63, 3.8) is 0 Å². The third kappa shape index (κ3) is 3.68. The van der Waals surface area contributed by atoms with Gasteiger partial charge in [-0.1, -0.05) is 47.7 Å². The molecule has 0 spiro atoms. The first-order valence-electron chi connectivity index (χ1n) is 7.19. The van der Waals surface area contributed by atoms with Crippen molar-refractivity contribution >= 4 is 16.5 Å². The number of ether oxygens (including phenoxy) is 1. The monoisotopic (exact) mass is 301 g/mol. The number of hydrogen-bond donors (Lipinski definition) is 0. The maximum Gasteiger partial charge on any atom is 0.208 e. The van der Waals surface area contributed by atoms with Crippen molar-refractivity contribution in [2.45, 2.75) is 18.9 Å². The summed E-state index contributed by atoms with van der Waals surface area (Å²) in [6, 6.07) is 10.4. The average Bonchev–Trinajstić information content (AvgIpc) is 3.15. The van der Waals surface area contributed by atoms with Crippen molar-refractivity contribution < 1.29 is 4.74 Å². The Labute approximate surface area is 129 Å². The normalized spacial score (nSPS) is 18.1. The summed E-state index contributed by atoms with van der Waals surface area (Å²) in [5, 5.41) is 10.7. The Kier molecular flexibility index (Phi) is 4.62. The van der Waals surface area contributed by atoms with E-state index >= 15 is 0 Å². The number of benzene rings is 1. The Morgan fingerprint density at radius 3 is 3.00 bits per heavy atom. The lowest BCUT2D eigenvalue weighted by molar-refractivity contribution is 0.0909. The molecule has 1 aromatic heterocycles. The van der Waals surface area contributed by atoms with E-state index in [1.165, 1.54) is 5.56 Å². The molecule has 1 aliphatic heterocycles. The van der Waals surface area contributed by atoms with Crippen molar-refractivity contribution in [1.29, 1.82) is 0 Å². The van der Waals surface area contributed by atoms with Crippen LogP contribution in [0.15, 0.2) is 43.0 Å². The van der Waals surface area contributed by atoms with Gasteiger partial charge < -0.3 is 9.64 Å². The highest BCUT2D eigenvalue weighted by Gasteiger charge is 2.25. The summed E-state index contributed by atoms with van der Waals surface area (Å²) in [4.78, 5) is 2.26. The molecule has 2 heterocycles. The van der Waals surface area contributed by atoms with E-state index in [1.54, 1.807) is 17.4 Å². The zero-order chi connectivity index (χ0) is 14.5. The zero-order valence-corrected chi connectivity index (χ0v) is 12.8. The number of aromatic nitrogens is 2. The molecule has 5 heteroatoms. The minimum Gasteiger partial charge on any atom is -0.372 e. The maximum atomic E-state index is 5.70. The van der Waals surface area contributed by atoms with Crippen LogP contribution in [0.5, 0.6) is 0 Å². The largest absolute Gasteiger partial charge is 0.372 e. The molecule has 2 aromatic rings. The molecule has 1 aromatic carbocycles. The number of nitrogens with zero attached hydrogens (tertiary/aromatic N) is 3. The molecule has 0 N–H and O–H groups in total. The Balaban J connectivity index is 1.59. The van der Waals surface area contributed by atoms with Gasteiger partial charge in [-0.05, 0) is 12.0 Å². The van der Waals surface area contributed by atoms with E-state index in [0.29, 0.717) is 6.61 Å². The summed E-state index contributed by atoms with van der Waals surface area (Å²) in [5.41, 5.74) is 1.27. The van der Waals surface area contributed by atoms with E-state index in [1.807, 2.05) is 6.07 Å². The van der Waals surface area contributed by atoms with Crippen LogP contribution in [0.3, 0.4) is 0 Å². The molecule has 0 bridgehead atoms. The molecule has 4 nitrogen and oxygen atoms in total. The second-order valence-electron chi connectivity index (χ2n) is 5.12. The molecule has 1 unspecified atom stereocenters. The van der Waals surface area contributed by atoms with Crippen molar-refractivity contribution in [2.75, 3.05) is 24.6 Å². The fraction of sp³-hybridized carbons (Fsp3) is 0.375. The summed E-state index contributed by atoms with van der Waals surface area (Å²) in [5.74, 6) is 0. The fourth-order valence-corrected chi connectivity index (χ4v) is 3.36. The summed E-state index contributed by atoms with van der Waals surface area (Å²) in [7, 11) is 0. The van der Waals surface area contributed by atoms with Gasteiger partial charge in [0, 0.05) is 19.5 Å². The van der Waals surface area contributed by atoms with Crippen LogP contribution in [0.1, 0.15) is 17.0 Å². The SMILES string of the molecule is C=CCOC1CCN(c2nnc(Cc3ccccc3)s2)C1. The molecule has 0 amide bonds. The second kappa shape index (κ2) is 6.83. The molecule has 110 valence electrons. The molecule has 0 radical (unpaired) electrons. The highest BCUT2D eigenvalue weighted by atomic mass is 32.1. The van der Waals surface area contributed by atoms with Gasteiger partial charge in [-0.15, -0.1) is 16.8 Å². The van der Waals surface area contributed by atoms with Crippen LogP contribution < -0.4 is 4.90 Å². The third-order valence-corrected chi connectivity index (χ3v) is 4.50. The van der Waals surface area contributed by atoms with Gasteiger partial charge in [-0.3, -0.25) is 0 Å². The smallest absolute Gasteiger partial charge is 0.208 e. The predicted octanol–water partition coefficient (Wildman–Crippen LogP) is 2.91. The van der Waals surface area contributed by atoms with Crippen LogP contribution in [-0.2, 0) is 11.2 Å². The molecule has 1 atom stereocenters. The Bertz CT molecular complexity index is 584. The lowest BCUT2D eigenvalue weighted by atomic mass is 10.2. The summed E-state index contributed by atoms with van der Waals surface area (Å²) < 4.78 is 5.70. The van der Waals surface area contributed by atoms with E-state index in [4.69, 9.17) is 4.74 Å². The Hall–Kier alpha value is -1.72. The number of hydrogen-bond acceptors (Lipinski definition) is 5. The minimum absolute atomic E-state index is 0.282. The van der Waals surface area contributed by atoms with Crippen LogP contribution in [0.25, 0.3) is 0 Å². The van der Waals surface area contributed by atoms with Gasteiger partial charge >= 0.3 is 0 Å². The molecular weight excluding hydrogens is 282 g/mol. The summed E-state index contributed by atoms with van der Waals surface area (Å²) >= 11 is 1.68. The lowest BCUT2D eigenvalue weighted by Crippen LogP contribution is -2.22. The van der Waals surface area contributed by atoms with Gasteiger partial charge in [-0.2, -0.15) is 0 Å². The Morgan fingerprint density at radius 1 is 1.33 bits per heavy atom. The van der Waals surface area contributed by atoms with Gasteiger partial charge in [0.2, 0.25) is 5.13 Å². The van der Waals surface area contributed by atoms with E-state index in [-0.39, 0.29) is 6.10 Å². The molecule has 21 heavy (non-hydrogen) atoms. The van der Waals surface area contributed by atoms with Gasteiger partial charge in [0.25, 0.3) is 0 Å². The standard InChI is InChI=1S/C16H19N3OS/c1-2-10-20-14-8-9-19(12-14)16-18-17-15(21-16)11-13-6-4-3-5-7-13/h2-7,14H,1,8-12H2. The van der Waals surface area contributed by atoms with Crippen LogP contribution >= 0.6 is 11.3 Å². The number of anilines is 1. The molecule has 0 aliphatic carbocycles. The first-order chi connectivity index (χ1) is 10.3. The highest BCUT2D eigenvalue weighted by Crippen LogP contribution is 2.26. The minimum atomic E-state index is 0.282. The molecule has 3 rings (SSSR count). The predicted molar refractivity (Wildman–Crippen MR) is 85.9 cm³/mol. The fourth-order valence-electron chi connectivity index (χ4n) is 2.46. The van der Waals surface area contributed by atoms with E-state index in [2.05, 4.69) is 45.9 Å². The highest BCUT2D eigenvalue weighted by molar-refractivity contribution is 7.15. The molecule has 1 aliphatic rings. The molecule has 0 saturated carbocycles. The summed E-state index contributed by atoms with van der Waals surface area (Å²) in [6.45, 7) is 6.19. The molecular formula is C16H19N3OS. The van der Waals surface area contributed by atoms with Crippen molar-refractivity contribution in [2.24, 2.45) is 0 Å². The van der Waals surface area contributed by atoms with Crippen LogP contribution in [-0.4, -0.2) is 36.0 Å². The maximum absolute atomic E-state index is 5.70. The van der Waals surface area contributed by atoms with E-state index in [9.17, 15) is 0 Å². The van der Waals surface area contributed by atoms with Crippen molar-refractivity contribution in [3.8, 4) is 0 Å². The van der Waals surface area contributed by atoms with Crippen LogP contribution in [0.4, 0.5) is 5.13 Å². The first kappa shape index (κ1) is 14.2. The van der Waals surface area contributed by atoms with Crippen molar-refractivity contribution in [1.82, 2.24) is 10.2 Å².